The summed E-state index contributed by atoms with van der Waals surface area (Å²) >= 11 is 6.19. The molecule has 0 aliphatic carbocycles. The van der Waals surface area contributed by atoms with Crippen molar-refractivity contribution in [1.29, 1.82) is 0 Å². The number of rotatable bonds is 8. The van der Waals surface area contributed by atoms with Crippen LogP contribution in [0.5, 0.6) is 0 Å². The predicted molar refractivity (Wildman–Crippen MR) is 130 cm³/mol. The zero-order valence-corrected chi connectivity index (χ0v) is 19.5. The molecule has 1 N–H and O–H groups in total. The first-order chi connectivity index (χ1) is 15.4. The highest BCUT2D eigenvalue weighted by molar-refractivity contribution is 6.30. The van der Waals surface area contributed by atoms with Gasteiger partial charge in [-0.2, -0.15) is 0 Å². The molecule has 0 aliphatic rings. The summed E-state index contributed by atoms with van der Waals surface area (Å²) in [6, 6.07) is 22.6. The number of halogens is 1. The molecule has 0 fully saturated rings. The van der Waals surface area contributed by atoms with Gasteiger partial charge in [0, 0.05) is 25.0 Å². The molecule has 3 rings (SSSR count). The highest BCUT2D eigenvalue weighted by atomic mass is 35.5. The van der Waals surface area contributed by atoms with Gasteiger partial charge in [0.1, 0.15) is 6.04 Å². The van der Waals surface area contributed by atoms with Gasteiger partial charge >= 0.3 is 0 Å². The third kappa shape index (κ3) is 6.21. The maximum Gasteiger partial charge on any atom is 0.242 e. The zero-order chi connectivity index (χ0) is 23.1. The maximum atomic E-state index is 13.6. The lowest BCUT2D eigenvalue weighted by Crippen LogP contribution is -2.50. The number of benzene rings is 3. The van der Waals surface area contributed by atoms with E-state index in [0.717, 1.165) is 27.8 Å². The molecule has 0 aliphatic heterocycles. The minimum Gasteiger partial charge on any atom is -0.357 e. The summed E-state index contributed by atoms with van der Waals surface area (Å²) in [5, 5.41) is 3.34. The Morgan fingerprint density at radius 1 is 0.938 bits per heavy atom. The van der Waals surface area contributed by atoms with Crippen molar-refractivity contribution in [3.63, 3.8) is 0 Å². The average Bonchev–Trinajstić information content (AvgIpc) is 2.78. The summed E-state index contributed by atoms with van der Waals surface area (Å²) in [6.07, 6.45) is 0.663. The van der Waals surface area contributed by atoms with Crippen LogP contribution in [0.4, 0.5) is 0 Å². The third-order valence-corrected chi connectivity index (χ3v) is 5.84. The van der Waals surface area contributed by atoms with Crippen molar-refractivity contribution in [2.75, 3.05) is 7.05 Å². The van der Waals surface area contributed by atoms with Gasteiger partial charge in [-0.3, -0.25) is 9.59 Å². The van der Waals surface area contributed by atoms with Crippen molar-refractivity contribution >= 4 is 23.4 Å². The summed E-state index contributed by atoms with van der Waals surface area (Å²) in [4.78, 5) is 28.3. The number of carbonyl (C=O) groups excluding carboxylic acids is 2. The maximum absolute atomic E-state index is 13.6. The first-order valence-corrected chi connectivity index (χ1v) is 11.1. The van der Waals surface area contributed by atoms with Crippen molar-refractivity contribution in [3.8, 4) is 0 Å². The number of nitrogens with zero attached hydrogens (tertiary/aromatic N) is 1. The van der Waals surface area contributed by atoms with Crippen molar-refractivity contribution in [2.45, 2.75) is 39.3 Å². The lowest BCUT2D eigenvalue weighted by atomic mass is 9.99. The van der Waals surface area contributed by atoms with E-state index < -0.39 is 6.04 Å². The summed E-state index contributed by atoms with van der Waals surface area (Å²) in [5.74, 6) is -0.284. The monoisotopic (exact) mass is 448 g/mol. The fourth-order valence-electron chi connectivity index (χ4n) is 3.81. The van der Waals surface area contributed by atoms with Gasteiger partial charge in [-0.1, -0.05) is 77.8 Å². The van der Waals surface area contributed by atoms with Crippen LogP contribution >= 0.6 is 11.6 Å². The number of hydrogen-bond acceptors (Lipinski definition) is 2. The minimum absolute atomic E-state index is 0.0943. The quantitative estimate of drug-likeness (QED) is 0.533. The van der Waals surface area contributed by atoms with Crippen LogP contribution in [0.15, 0.2) is 72.8 Å². The molecule has 0 bridgehead atoms. The Labute approximate surface area is 195 Å². The highest BCUT2D eigenvalue weighted by Gasteiger charge is 2.30. The van der Waals surface area contributed by atoms with Gasteiger partial charge in [-0.25, -0.2) is 0 Å². The van der Waals surface area contributed by atoms with Crippen LogP contribution < -0.4 is 5.32 Å². The number of carbonyl (C=O) groups is 2. The summed E-state index contributed by atoms with van der Waals surface area (Å²) in [7, 11) is 1.60. The van der Waals surface area contributed by atoms with Gasteiger partial charge in [0.15, 0.2) is 0 Å². The molecule has 1 atom stereocenters. The average molecular weight is 449 g/mol. The van der Waals surface area contributed by atoms with Crippen molar-refractivity contribution in [1.82, 2.24) is 10.2 Å². The predicted octanol–water partition coefficient (Wildman–Crippen LogP) is 4.89. The smallest absolute Gasteiger partial charge is 0.242 e. The Morgan fingerprint density at radius 3 is 2.34 bits per heavy atom. The number of amides is 2. The van der Waals surface area contributed by atoms with E-state index >= 15 is 0 Å². The standard InChI is InChI=1S/C27H29ClN2O2/c1-19-12-13-20(2)23(14-19)17-26(31)30(18-22-10-7-11-24(28)15-22)25(27(32)29-3)16-21-8-5-4-6-9-21/h4-15,25H,16-18H2,1-3H3,(H,29,32)/t25-/m0/s1. The van der Waals surface area contributed by atoms with Crippen molar-refractivity contribution < 1.29 is 9.59 Å². The van der Waals surface area contributed by atoms with Gasteiger partial charge < -0.3 is 10.2 Å². The first-order valence-electron chi connectivity index (χ1n) is 10.7. The number of nitrogens with one attached hydrogen (secondary N) is 1. The summed E-state index contributed by atoms with van der Waals surface area (Å²) in [5.41, 5.74) is 5.02. The molecule has 4 nitrogen and oxygen atoms in total. The van der Waals surface area contributed by atoms with E-state index in [1.165, 1.54) is 0 Å². The van der Waals surface area contributed by atoms with Crippen LogP contribution in [-0.2, 0) is 29.0 Å². The Hall–Kier alpha value is -3.11. The van der Waals surface area contributed by atoms with Gasteiger partial charge in [0.25, 0.3) is 0 Å². The molecule has 0 unspecified atom stereocenters. The van der Waals surface area contributed by atoms with Crippen LogP contribution in [0.3, 0.4) is 0 Å². The molecule has 3 aromatic carbocycles. The van der Waals surface area contributed by atoms with Gasteiger partial charge in [0.2, 0.25) is 11.8 Å². The van der Waals surface area contributed by atoms with Crippen LogP contribution in [0.25, 0.3) is 0 Å². The van der Waals surface area contributed by atoms with Crippen LogP contribution in [0.2, 0.25) is 5.02 Å². The van der Waals surface area contributed by atoms with Gasteiger partial charge in [0.05, 0.1) is 6.42 Å². The molecular weight excluding hydrogens is 420 g/mol. The fourth-order valence-corrected chi connectivity index (χ4v) is 4.02. The van der Waals surface area contributed by atoms with E-state index in [2.05, 4.69) is 5.32 Å². The zero-order valence-electron chi connectivity index (χ0n) is 18.8. The molecule has 0 saturated heterocycles. The lowest BCUT2D eigenvalue weighted by molar-refractivity contribution is -0.140. The molecule has 166 valence electrons. The van der Waals surface area contributed by atoms with E-state index in [0.29, 0.717) is 18.0 Å². The fraction of sp³-hybridized carbons (Fsp3) is 0.259. The number of aryl methyl sites for hydroxylation is 2. The molecule has 0 aromatic heterocycles. The highest BCUT2D eigenvalue weighted by Crippen LogP contribution is 2.20. The first kappa shape index (κ1) is 23.6. The van der Waals surface area contributed by atoms with Gasteiger partial charge in [-0.05, 0) is 48.2 Å². The van der Waals surface area contributed by atoms with Gasteiger partial charge in [-0.15, -0.1) is 0 Å². The number of likely N-dealkylation sites (N-methyl/N-ethyl adjacent to an activating group) is 1. The van der Waals surface area contributed by atoms with E-state index in [9.17, 15) is 9.59 Å². The Kier molecular flexibility index (Phi) is 8.07. The molecule has 3 aromatic rings. The topological polar surface area (TPSA) is 49.4 Å². The third-order valence-electron chi connectivity index (χ3n) is 5.61. The molecule has 2 amide bonds. The molecule has 0 saturated carbocycles. The van der Waals surface area contributed by atoms with Crippen molar-refractivity contribution in [2.24, 2.45) is 0 Å². The molecule has 0 spiro atoms. The van der Waals surface area contributed by atoms with E-state index in [4.69, 9.17) is 11.6 Å². The second kappa shape index (κ2) is 11.0. The minimum atomic E-state index is -0.640. The summed E-state index contributed by atoms with van der Waals surface area (Å²) in [6.45, 7) is 4.32. The molecule has 0 radical (unpaired) electrons. The SMILES string of the molecule is CNC(=O)[C@H](Cc1ccccc1)N(Cc1cccc(Cl)c1)C(=O)Cc1cc(C)ccc1C. The number of hydrogen-bond donors (Lipinski definition) is 1. The van der Waals surface area contributed by atoms with Crippen molar-refractivity contribution in [3.05, 3.63) is 106 Å². The normalized spacial score (nSPS) is 11.6. The molecular formula is C27H29ClN2O2. The van der Waals surface area contributed by atoms with E-state index in [1.54, 1.807) is 18.0 Å². The van der Waals surface area contributed by atoms with Crippen LogP contribution in [-0.4, -0.2) is 29.8 Å². The Balaban J connectivity index is 1.97. The Bertz CT molecular complexity index is 1080. The Morgan fingerprint density at radius 2 is 1.66 bits per heavy atom. The summed E-state index contributed by atoms with van der Waals surface area (Å²) < 4.78 is 0. The second-order valence-corrected chi connectivity index (χ2v) is 8.51. The largest absolute Gasteiger partial charge is 0.357 e. The van der Waals surface area contributed by atoms with Crippen LogP contribution in [0, 0.1) is 13.8 Å². The molecule has 0 heterocycles. The lowest BCUT2D eigenvalue weighted by Gasteiger charge is -2.31. The molecule has 32 heavy (non-hydrogen) atoms. The van der Waals surface area contributed by atoms with Crippen LogP contribution in [0.1, 0.15) is 27.8 Å². The second-order valence-electron chi connectivity index (χ2n) is 8.08. The van der Waals surface area contributed by atoms with E-state index in [1.807, 2.05) is 80.6 Å². The molecule has 5 heteroatoms. The van der Waals surface area contributed by atoms with E-state index in [-0.39, 0.29) is 18.2 Å².